The fraction of sp³-hybridized carbons (Fsp3) is 0.333. The first-order valence-corrected chi connectivity index (χ1v) is 11.8. The van der Waals surface area contributed by atoms with Crippen LogP contribution in [0.4, 0.5) is 0 Å². The molecule has 0 saturated carbocycles. The quantitative estimate of drug-likeness (QED) is 0.358. The smallest absolute Gasteiger partial charge is 0.268 e. The monoisotopic (exact) mass is 455 g/mol. The number of aromatic nitrogens is 5. The molecule has 1 aromatic carbocycles. The van der Waals surface area contributed by atoms with Gasteiger partial charge in [-0.3, -0.25) is 4.57 Å². The Kier molecular flexibility index (Phi) is 6.01. The first-order chi connectivity index (χ1) is 15.3. The molecule has 1 fully saturated rings. The van der Waals surface area contributed by atoms with Crippen LogP contribution in [-0.4, -0.2) is 44.7 Å². The Morgan fingerprint density at radius 3 is 2.87 bits per heavy atom. The molecule has 8 nitrogen and oxygen atoms in total. The molecule has 0 radical (unpaired) electrons. The third kappa shape index (κ3) is 4.51. The van der Waals surface area contributed by atoms with Gasteiger partial charge in [0.15, 0.2) is 16.8 Å². The van der Waals surface area contributed by atoms with Gasteiger partial charge in [-0.05, 0) is 48.6 Å². The van der Waals surface area contributed by atoms with Gasteiger partial charge in [-0.1, -0.05) is 23.0 Å². The number of nitrogens with zero attached hydrogens (tertiary/aromatic N) is 5. The average Bonchev–Trinajstić information content (AvgIpc) is 3.61. The molecule has 1 unspecified atom stereocenters. The van der Waals surface area contributed by atoms with Crippen molar-refractivity contribution in [3.8, 4) is 27.9 Å². The van der Waals surface area contributed by atoms with E-state index in [0.29, 0.717) is 24.0 Å². The minimum Gasteiger partial charge on any atom is -0.497 e. The van der Waals surface area contributed by atoms with Crippen LogP contribution in [0.2, 0.25) is 0 Å². The van der Waals surface area contributed by atoms with E-state index in [0.717, 1.165) is 46.6 Å². The second-order valence-electron chi connectivity index (χ2n) is 7.06. The summed E-state index contributed by atoms with van der Waals surface area (Å²) in [6.45, 7) is 1.52. The van der Waals surface area contributed by atoms with Crippen molar-refractivity contribution in [2.45, 2.75) is 36.4 Å². The van der Waals surface area contributed by atoms with Gasteiger partial charge in [0.05, 0.1) is 30.4 Å². The minimum atomic E-state index is 0.169. The lowest BCUT2D eigenvalue weighted by molar-refractivity contribution is 0.0953. The van der Waals surface area contributed by atoms with Crippen molar-refractivity contribution in [3.63, 3.8) is 0 Å². The topological polar surface area (TPSA) is 88.1 Å². The highest BCUT2D eigenvalue weighted by Crippen LogP contribution is 2.30. The maximum Gasteiger partial charge on any atom is 0.268 e. The van der Waals surface area contributed by atoms with Gasteiger partial charge in [-0.15, -0.1) is 21.5 Å². The van der Waals surface area contributed by atoms with Crippen molar-refractivity contribution in [1.82, 2.24) is 24.9 Å². The highest BCUT2D eigenvalue weighted by molar-refractivity contribution is 7.98. The van der Waals surface area contributed by atoms with Crippen molar-refractivity contribution >= 4 is 23.1 Å². The van der Waals surface area contributed by atoms with Crippen LogP contribution in [0, 0.1) is 0 Å². The molecular weight excluding hydrogens is 434 g/mol. The molecule has 0 aliphatic carbocycles. The van der Waals surface area contributed by atoms with E-state index in [1.165, 1.54) is 0 Å². The van der Waals surface area contributed by atoms with Gasteiger partial charge in [-0.2, -0.15) is 4.98 Å². The zero-order valence-electron chi connectivity index (χ0n) is 16.9. The molecule has 10 heteroatoms. The third-order valence-electron chi connectivity index (χ3n) is 5.01. The fourth-order valence-electron chi connectivity index (χ4n) is 3.45. The van der Waals surface area contributed by atoms with E-state index < -0.39 is 0 Å². The number of hydrogen-bond donors (Lipinski definition) is 0. The summed E-state index contributed by atoms with van der Waals surface area (Å²) in [5.41, 5.74) is 0.984. The number of rotatable bonds is 8. The first-order valence-electron chi connectivity index (χ1n) is 9.98. The van der Waals surface area contributed by atoms with Crippen LogP contribution in [0.5, 0.6) is 5.75 Å². The van der Waals surface area contributed by atoms with Crippen LogP contribution in [0.25, 0.3) is 22.2 Å². The Bertz CT molecular complexity index is 1120. The molecule has 3 aromatic heterocycles. The van der Waals surface area contributed by atoms with Crippen molar-refractivity contribution in [1.29, 1.82) is 0 Å². The number of benzene rings is 1. The highest BCUT2D eigenvalue weighted by Gasteiger charge is 2.22. The molecule has 4 aromatic rings. The average molecular weight is 456 g/mol. The van der Waals surface area contributed by atoms with E-state index in [4.69, 9.17) is 14.0 Å². The molecule has 5 rings (SSSR count). The van der Waals surface area contributed by atoms with Crippen molar-refractivity contribution in [3.05, 3.63) is 47.6 Å². The van der Waals surface area contributed by atoms with E-state index in [1.54, 1.807) is 30.2 Å². The van der Waals surface area contributed by atoms with Crippen molar-refractivity contribution in [2.75, 3.05) is 13.7 Å². The summed E-state index contributed by atoms with van der Waals surface area (Å²) in [6.07, 6.45) is 2.30. The summed E-state index contributed by atoms with van der Waals surface area (Å²) < 4.78 is 18.7. The maximum absolute atomic E-state index is 5.87. The van der Waals surface area contributed by atoms with E-state index in [2.05, 4.69) is 24.9 Å². The maximum atomic E-state index is 5.87. The van der Waals surface area contributed by atoms with Crippen molar-refractivity contribution < 1.29 is 14.0 Å². The summed E-state index contributed by atoms with van der Waals surface area (Å²) >= 11 is 3.12. The molecule has 0 spiro atoms. The van der Waals surface area contributed by atoms with E-state index in [-0.39, 0.29) is 6.10 Å². The predicted molar refractivity (Wildman–Crippen MR) is 118 cm³/mol. The molecule has 0 bridgehead atoms. The number of methoxy groups -OCH3 is 1. The Morgan fingerprint density at radius 1 is 1.23 bits per heavy atom. The SMILES string of the molecule is COc1ccc(-c2nnc(SCc3noc(-c4cccs4)n3)n2CC2CCCO2)cc1. The first kappa shape index (κ1) is 20.2. The molecule has 1 aliphatic heterocycles. The standard InChI is InChI=1S/C21H21N5O3S2/c1-27-15-8-6-14(7-9-15)19-23-24-21(26(19)12-16-4-2-10-28-16)31-13-18-22-20(29-25-18)17-5-3-11-30-17/h3,5-9,11,16H,2,4,10,12-13H2,1H3. The summed E-state index contributed by atoms with van der Waals surface area (Å²) in [4.78, 5) is 5.47. The highest BCUT2D eigenvalue weighted by atomic mass is 32.2. The van der Waals surface area contributed by atoms with Gasteiger partial charge in [0.1, 0.15) is 5.75 Å². The van der Waals surface area contributed by atoms with Gasteiger partial charge in [0.2, 0.25) is 0 Å². The van der Waals surface area contributed by atoms with Gasteiger partial charge in [-0.25, -0.2) is 0 Å². The van der Waals surface area contributed by atoms with E-state index in [9.17, 15) is 0 Å². The summed E-state index contributed by atoms with van der Waals surface area (Å²) in [5, 5.41) is 15.8. The zero-order chi connectivity index (χ0) is 21.0. The summed E-state index contributed by atoms with van der Waals surface area (Å²) in [7, 11) is 1.66. The van der Waals surface area contributed by atoms with Crippen LogP contribution in [-0.2, 0) is 17.0 Å². The Balaban J connectivity index is 1.37. The normalized spacial score (nSPS) is 16.1. The van der Waals surface area contributed by atoms with Crippen LogP contribution >= 0.6 is 23.1 Å². The van der Waals surface area contributed by atoms with Crippen LogP contribution < -0.4 is 4.74 Å². The molecular formula is C21H21N5O3S2. The van der Waals surface area contributed by atoms with Crippen LogP contribution in [0.3, 0.4) is 0 Å². The van der Waals surface area contributed by atoms with Crippen LogP contribution in [0.1, 0.15) is 18.7 Å². The lowest BCUT2D eigenvalue weighted by Crippen LogP contribution is -2.16. The third-order valence-corrected chi connectivity index (χ3v) is 6.83. The summed E-state index contributed by atoms with van der Waals surface area (Å²) in [5.74, 6) is 3.34. The largest absolute Gasteiger partial charge is 0.497 e. The Labute approximate surface area is 187 Å². The number of thiophene rings is 1. The van der Waals surface area contributed by atoms with Gasteiger partial charge in [0, 0.05) is 12.2 Å². The predicted octanol–water partition coefficient (Wildman–Crippen LogP) is 4.54. The number of hydrogen-bond acceptors (Lipinski definition) is 9. The summed E-state index contributed by atoms with van der Waals surface area (Å²) in [6, 6.07) is 11.8. The van der Waals surface area contributed by atoms with Gasteiger partial charge in [0.25, 0.3) is 5.89 Å². The molecule has 1 atom stereocenters. The molecule has 1 aliphatic rings. The molecule has 1 saturated heterocycles. The minimum absolute atomic E-state index is 0.169. The molecule has 4 heterocycles. The molecule has 31 heavy (non-hydrogen) atoms. The van der Waals surface area contributed by atoms with Crippen molar-refractivity contribution in [2.24, 2.45) is 0 Å². The Morgan fingerprint density at radius 2 is 2.13 bits per heavy atom. The number of thioether (sulfide) groups is 1. The van der Waals surface area contributed by atoms with E-state index in [1.807, 2.05) is 41.8 Å². The zero-order valence-corrected chi connectivity index (χ0v) is 18.6. The van der Waals surface area contributed by atoms with E-state index >= 15 is 0 Å². The fourth-order valence-corrected chi connectivity index (χ4v) is 4.88. The second-order valence-corrected chi connectivity index (χ2v) is 8.95. The molecule has 0 N–H and O–H groups in total. The lowest BCUT2D eigenvalue weighted by Gasteiger charge is -2.14. The number of ether oxygens (including phenoxy) is 2. The molecule has 160 valence electrons. The Hall–Kier alpha value is -2.69. The van der Waals surface area contributed by atoms with Crippen LogP contribution in [0.15, 0.2) is 51.5 Å². The van der Waals surface area contributed by atoms with Gasteiger partial charge >= 0.3 is 0 Å². The lowest BCUT2D eigenvalue weighted by atomic mass is 10.2. The second kappa shape index (κ2) is 9.21. The molecule has 0 amide bonds. The van der Waals surface area contributed by atoms with Gasteiger partial charge < -0.3 is 14.0 Å².